The van der Waals surface area contributed by atoms with Gasteiger partial charge in [0, 0.05) is 23.6 Å². The lowest BCUT2D eigenvalue weighted by molar-refractivity contribution is -0.141. The molecule has 0 saturated carbocycles. The molecule has 1 aliphatic heterocycles. The summed E-state index contributed by atoms with van der Waals surface area (Å²) in [5.41, 5.74) is 6.99. The maximum atomic E-state index is 11.0. The van der Waals surface area contributed by atoms with E-state index in [1.807, 2.05) is 24.3 Å². The Morgan fingerprint density at radius 1 is 1.61 bits per heavy atom. The first kappa shape index (κ1) is 13.5. The maximum Gasteiger partial charge on any atom is 0.307 e. The highest BCUT2D eigenvalue weighted by atomic mass is 79.9. The predicted molar refractivity (Wildman–Crippen MR) is 73.3 cm³/mol. The van der Waals surface area contributed by atoms with E-state index < -0.39 is 5.97 Å². The van der Waals surface area contributed by atoms with E-state index in [0.717, 1.165) is 16.6 Å². The Bertz CT molecular complexity index is 439. The molecule has 2 unspecified atom stereocenters. The number of nitrogens with zero attached hydrogens (tertiary/aromatic N) is 1. The van der Waals surface area contributed by atoms with Crippen LogP contribution in [0.15, 0.2) is 28.7 Å². The zero-order chi connectivity index (χ0) is 13.1. The molecule has 0 radical (unpaired) electrons. The molecule has 2 rings (SSSR count). The minimum atomic E-state index is -0.706. The standard InChI is InChI=1S/C13H17BrN2O2/c14-11-3-1-2-9(6-11)12(7-15)16-5-4-10(8-16)13(17)18/h1-3,6,10,12H,4-5,7-8,15H2,(H,17,18). The summed E-state index contributed by atoms with van der Waals surface area (Å²) in [6.07, 6.45) is 0.708. The molecule has 98 valence electrons. The van der Waals surface area contributed by atoms with Gasteiger partial charge in [-0.1, -0.05) is 28.1 Å². The van der Waals surface area contributed by atoms with Gasteiger partial charge >= 0.3 is 5.97 Å². The van der Waals surface area contributed by atoms with Gasteiger partial charge in [-0.2, -0.15) is 0 Å². The Labute approximate surface area is 115 Å². The molecule has 5 heteroatoms. The van der Waals surface area contributed by atoms with Crippen molar-refractivity contribution in [2.45, 2.75) is 12.5 Å². The van der Waals surface area contributed by atoms with Crippen molar-refractivity contribution < 1.29 is 9.90 Å². The zero-order valence-electron chi connectivity index (χ0n) is 10.1. The van der Waals surface area contributed by atoms with Crippen molar-refractivity contribution >= 4 is 21.9 Å². The van der Waals surface area contributed by atoms with Gasteiger partial charge in [0.2, 0.25) is 0 Å². The van der Waals surface area contributed by atoms with Crippen LogP contribution in [0.4, 0.5) is 0 Å². The molecule has 1 aliphatic rings. The van der Waals surface area contributed by atoms with Gasteiger partial charge in [0.15, 0.2) is 0 Å². The van der Waals surface area contributed by atoms with E-state index in [0.29, 0.717) is 19.5 Å². The molecule has 1 saturated heterocycles. The molecule has 1 aromatic carbocycles. The van der Waals surface area contributed by atoms with Crippen molar-refractivity contribution in [2.24, 2.45) is 11.7 Å². The van der Waals surface area contributed by atoms with Crippen molar-refractivity contribution in [1.29, 1.82) is 0 Å². The molecular weight excluding hydrogens is 296 g/mol. The van der Waals surface area contributed by atoms with Gasteiger partial charge in [0.05, 0.1) is 5.92 Å². The van der Waals surface area contributed by atoms with Crippen LogP contribution in [0.25, 0.3) is 0 Å². The normalized spacial score (nSPS) is 22.0. The quantitative estimate of drug-likeness (QED) is 0.890. The zero-order valence-corrected chi connectivity index (χ0v) is 11.6. The summed E-state index contributed by atoms with van der Waals surface area (Å²) in [7, 11) is 0. The Morgan fingerprint density at radius 3 is 2.94 bits per heavy atom. The molecule has 0 amide bonds. The Hall–Kier alpha value is -0.910. The van der Waals surface area contributed by atoms with Crippen molar-refractivity contribution in [3.05, 3.63) is 34.3 Å². The van der Waals surface area contributed by atoms with Crippen LogP contribution in [0.3, 0.4) is 0 Å². The number of hydrogen-bond acceptors (Lipinski definition) is 3. The van der Waals surface area contributed by atoms with Crippen molar-refractivity contribution in [3.8, 4) is 0 Å². The third kappa shape index (κ3) is 2.91. The second-order valence-electron chi connectivity index (χ2n) is 4.63. The van der Waals surface area contributed by atoms with Crippen LogP contribution in [0.5, 0.6) is 0 Å². The molecule has 1 heterocycles. The number of carbonyl (C=O) groups is 1. The first-order valence-corrected chi connectivity index (χ1v) is 6.83. The molecule has 3 N–H and O–H groups in total. The van der Waals surface area contributed by atoms with Crippen LogP contribution in [0.1, 0.15) is 18.0 Å². The minimum Gasteiger partial charge on any atom is -0.481 e. The van der Waals surface area contributed by atoms with Crippen molar-refractivity contribution in [2.75, 3.05) is 19.6 Å². The fourth-order valence-corrected chi connectivity index (χ4v) is 2.90. The molecule has 0 aliphatic carbocycles. The minimum absolute atomic E-state index is 0.104. The summed E-state index contributed by atoms with van der Waals surface area (Å²) < 4.78 is 1.02. The number of rotatable bonds is 4. The molecule has 0 spiro atoms. The lowest BCUT2D eigenvalue weighted by Crippen LogP contribution is -2.32. The Kier molecular flexibility index (Phi) is 4.37. The summed E-state index contributed by atoms with van der Waals surface area (Å²) in [6.45, 7) is 1.89. The van der Waals surface area contributed by atoms with E-state index in [1.165, 1.54) is 0 Å². The number of nitrogens with two attached hydrogens (primary N) is 1. The number of hydrogen-bond donors (Lipinski definition) is 2. The average Bonchev–Trinajstić information content (AvgIpc) is 2.80. The number of aliphatic carboxylic acids is 1. The molecule has 4 nitrogen and oxygen atoms in total. The van der Waals surface area contributed by atoms with E-state index in [1.54, 1.807) is 0 Å². The van der Waals surface area contributed by atoms with Gasteiger partial charge in [-0.15, -0.1) is 0 Å². The summed E-state index contributed by atoms with van der Waals surface area (Å²) in [6, 6.07) is 8.14. The lowest BCUT2D eigenvalue weighted by atomic mass is 10.1. The van der Waals surface area contributed by atoms with E-state index in [9.17, 15) is 4.79 Å². The van der Waals surface area contributed by atoms with Gasteiger partial charge < -0.3 is 10.8 Å². The van der Waals surface area contributed by atoms with Gasteiger partial charge in [0.25, 0.3) is 0 Å². The molecular formula is C13H17BrN2O2. The molecule has 2 atom stereocenters. The third-order valence-corrected chi connectivity index (χ3v) is 3.96. The number of likely N-dealkylation sites (tertiary alicyclic amines) is 1. The van der Waals surface area contributed by atoms with Gasteiger partial charge in [-0.05, 0) is 30.7 Å². The van der Waals surface area contributed by atoms with E-state index in [2.05, 4.69) is 20.8 Å². The van der Waals surface area contributed by atoms with E-state index in [4.69, 9.17) is 10.8 Å². The van der Waals surface area contributed by atoms with Crippen molar-refractivity contribution in [3.63, 3.8) is 0 Å². The highest BCUT2D eigenvalue weighted by Gasteiger charge is 2.32. The Balaban J connectivity index is 2.13. The van der Waals surface area contributed by atoms with Crippen LogP contribution >= 0.6 is 15.9 Å². The van der Waals surface area contributed by atoms with Crippen molar-refractivity contribution in [1.82, 2.24) is 4.90 Å². The van der Waals surface area contributed by atoms with Gasteiger partial charge in [-0.25, -0.2) is 0 Å². The number of carboxylic acids is 1. The first-order valence-electron chi connectivity index (χ1n) is 6.04. The molecule has 1 fully saturated rings. The fraction of sp³-hybridized carbons (Fsp3) is 0.462. The Morgan fingerprint density at radius 2 is 2.39 bits per heavy atom. The predicted octanol–water partition coefficient (Wildman–Crippen LogP) is 1.86. The van der Waals surface area contributed by atoms with Crippen LogP contribution in [-0.2, 0) is 4.79 Å². The SMILES string of the molecule is NCC(c1cccc(Br)c1)N1CCC(C(=O)O)C1. The van der Waals surface area contributed by atoms with E-state index >= 15 is 0 Å². The van der Waals surface area contributed by atoms with Crippen LogP contribution in [0, 0.1) is 5.92 Å². The fourth-order valence-electron chi connectivity index (χ4n) is 2.48. The third-order valence-electron chi connectivity index (χ3n) is 3.47. The van der Waals surface area contributed by atoms with Gasteiger partial charge in [0.1, 0.15) is 0 Å². The largest absolute Gasteiger partial charge is 0.481 e. The maximum absolute atomic E-state index is 11.0. The second-order valence-corrected chi connectivity index (χ2v) is 5.54. The van der Waals surface area contributed by atoms with Gasteiger partial charge in [-0.3, -0.25) is 9.69 Å². The smallest absolute Gasteiger partial charge is 0.307 e. The number of halogens is 1. The molecule has 0 bridgehead atoms. The van der Waals surface area contributed by atoms with E-state index in [-0.39, 0.29) is 12.0 Å². The highest BCUT2D eigenvalue weighted by molar-refractivity contribution is 9.10. The van der Waals surface area contributed by atoms with Crippen LogP contribution < -0.4 is 5.73 Å². The molecule has 0 aromatic heterocycles. The average molecular weight is 313 g/mol. The summed E-state index contributed by atoms with van der Waals surface area (Å²) in [5, 5.41) is 9.03. The van der Waals surface area contributed by atoms with Crippen LogP contribution in [0.2, 0.25) is 0 Å². The first-order chi connectivity index (χ1) is 8.61. The molecule has 18 heavy (non-hydrogen) atoms. The highest BCUT2D eigenvalue weighted by Crippen LogP contribution is 2.28. The summed E-state index contributed by atoms with van der Waals surface area (Å²) in [5.74, 6) is -0.964. The monoisotopic (exact) mass is 312 g/mol. The lowest BCUT2D eigenvalue weighted by Gasteiger charge is -2.27. The molecule has 1 aromatic rings. The number of benzene rings is 1. The van der Waals surface area contributed by atoms with Crippen LogP contribution in [-0.4, -0.2) is 35.6 Å². The summed E-state index contributed by atoms with van der Waals surface area (Å²) in [4.78, 5) is 13.2. The second kappa shape index (κ2) is 5.82. The topological polar surface area (TPSA) is 66.6 Å². The summed E-state index contributed by atoms with van der Waals surface area (Å²) >= 11 is 3.45. The number of carboxylic acid groups (broad SMARTS) is 1.